The fraction of sp³-hybridized carbons (Fsp3) is 0.500. The lowest BCUT2D eigenvalue weighted by Gasteiger charge is -2.36. The van der Waals surface area contributed by atoms with Crippen LogP contribution in [0.1, 0.15) is 17.3 Å². The molecule has 0 spiro atoms. The summed E-state index contributed by atoms with van der Waals surface area (Å²) >= 11 is 0. The van der Waals surface area contributed by atoms with Crippen LogP contribution in [0.15, 0.2) is 12.4 Å². The highest BCUT2D eigenvalue weighted by Gasteiger charge is 2.36. The normalized spacial score (nSPS) is 16.2. The number of aryl methyl sites for hydroxylation is 1. The number of sulfonamides is 1. The van der Waals surface area contributed by atoms with E-state index in [1.807, 2.05) is 0 Å². The molecule has 0 aromatic carbocycles. The number of aromatic nitrogens is 4. The molecule has 148 valence electrons. The predicted molar refractivity (Wildman–Crippen MR) is 92.3 cm³/mol. The molecule has 2 aromatic heterocycles. The number of alkyl halides is 3. The Morgan fingerprint density at radius 3 is 2.52 bits per heavy atom. The minimum atomic E-state index is -4.56. The van der Waals surface area contributed by atoms with Crippen LogP contribution in [0, 0.1) is 6.92 Å². The maximum Gasteiger partial charge on any atom is 0.421 e. The molecule has 9 nitrogen and oxygen atoms in total. The van der Waals surface area contributed by atoms with E-state index in [4.69, 9.17) is 0 Å². The van der Waals surface area contributed by atoms with Crippen LogP contribution < -0.4 is 10.6 Å². The van der Waals surface area contributed by atoms with Gasteiger partial charge in [-0.25, -0.2) is 13.4 Å². The van der Waals surface area contributed by atoms with Crippen molar-refractivity contribution in [1.29, 1.82) is 0 Å². The number of nitrogens with one attached hydrogen (secondary N) is 2. The third kappa shape index (κ3) is 3.98. The number of anilines is 3. The van der Waals surface area contributed by atoms with Gasteiger partial charge in [0.15, 0.2) is 0 Å². The summed E-state index contributed by atoms with van der Waals surface area (Å²) in [6.45, 7) is 2.36. The minimum absolute atomic E-state index is 0.0126. The van der Waals surface area contributed by atoms with Gasteiger partial charge < -0.3 is 10.6 Å². The van der Waals surface area contributed by atoms with Crippen LogP contribution in [-0.4, -0.2) is 58.9 Å². The van der Waals surface area contributed by atoms with Gasteiger partial charge in [-0.2, -0.15) is 27.6 Å². The fourth-order valence-electron chi connectivity index (χ4n) is 2.61. The molecule has 2 N–H and O–H groups in total. The van der Waals surface area contributed by atoms with Crippen molar-refractivity contribution in [3.8, 4) is 0 Å². The second kappa shape index (κ2) is 6.64. The summed E-state index contributed by atoms with van der Waals surface area (Å²) in [6.07, 6.45) is -1.06. The molecule has 27 heavy (non-hydrogen) atoms. The maximum atomic E-state index is 12.9. The molecule has 0 radical (unpaired) electrons. The number of halogens is 3. The van der Waals surface area contributed by atoms with E-state index in [0.29, 0.717) is 30.7 Å². The molecule has 3 heterocycles. The topological polar surface area (TPSA) is 105 Å². The van der Waals surface area contributed by atoms with Gasteiger partial charge in [-0.05, 0) is 6.92 Å². The third-order valence-electron chi connectivity index (χ3n) is 4.17. The zero-order chi connectivity index (χ0) is 20.0. The van der Waals surface area contributed by atoms with Gasteiger partial charge in [0, 0.05) is 32.5 Å². The van der Waals surface area contributed by atoms with E-state index in [1.165, 1.54) is 11.4 Å². The number of nitrogens with zero attached hydrogens (tertiary/aromatic N) is 5. The quantitative estimate of drug-likeness (QED) is 0.779. The molecule has 0 atom stereocenters. The largest absolute Gasteiger partial charge is 0.421 e. The molecular formula is C14H18F3N7O2S. The van der Waals surface area contributed by atoms with Crippen molar-refractivity contribution in [2.75, 3.05) is 37.0 Å². The van der Waals surface area contributed by atoms with E-state index in [9.17, 15) is 21.6 Å². The molecule has 1 fully saturated rings. The summed E-state index contributed by atoms with van der Waals surface area (Å²) in [5.41, 5.74) is 0.148. The van der Waals surface area contributed by atoms with Crippen LogP contribution in [0.4, 0.5) is 30.6 Å². The fourth-order valence-corrected chi connectivity index (χ4v) is 3.49. The van der Waals surface area contributed by atoms with E-state index < -0.39 is 21.8 Å². The molecule has 1 aliphatic heterocycles. The standard InChI is InChI=1S/C14H18F3N7O2S/c1-8-11(7-24(22-8)9-5-23(6-9)27(3,25)26)20-13-19-4-10(14(15,16)17)12(18-2)21-13/h4,7,9H,5-6H2,1-3H3,(H2,18,19,20,21). The molecule has 3 rings (SSSR count). The van der Waals surface area contributed by atoms with Gasteiger partial charge >= 0.3 is 6.18 Å². The van der Waals surface area contributed by atoms with Crippen LogP contribution in [0.2, 0.25) is 0 Å². The highest BCUT2D eigenvalue weighted by molar-refractivity contribution is 7.88. The first-order valence-corrected chi connectivity index (χ1v) is 9.73. The Morgan fingerprint density at radius 2 is 1.96 bits per heavy atom. The van der Waals surface area contributed by atoms with Gasteiger partial charge in [-0.3, -0.25) is 4.68 Å². The zero-order valence-electron chi connectivity index (χ0n) is 14.7. The summed E-state index contributed by atoms with van der Waals surface area (Å²) in [7, 11) is -1.88. The van der Waals surface area contributed by atoms with Gasteiger partial charge in [0.05, 0.1) is 23.7 Å². The Kier molecular flexibility index (Phi) is 4.76. The lowest BCUT2D eigenvalue weighted by atomic mass is 10.2. The van der Waals surface area contributed by atoms with E-state index in [-0.39, 0.29) is 17.8 Å². The molecule has 2 aromatic rings. The summed E-state index contributed by atoms with van der Waals surface area (Å²) in [6, 6.07) is -0.102. The molecule has 0 amide bonds. The zero-order valence-corrected chi connectivity index (χ0v) is 15.6. The summed E-state index contributed by atoms with van der Waals surface area (Å²) in [4.78, 5) is 7.56. The van der Waals surface area contributed by atoms with Crippen LogP contribution >= 0.6 is 0 Å². The SMILES string of the molecule is CNc1nc(Nc2cn(C3CN(S(C)(=O)=O)C3)nc2C)ncc1C(F)(F)F. The van der Waals surface area contributed by atoms with Crippen molar-refractivity contribution in [2.45, 2.75) is 19.1 Å². The van der Waals surface area contributed by atoms with Crippen LogP contribution in [0.3, 0.4) is 0 Å². The summed E-state index contributed by atoms with van der Waals surface area (Å²) in [5, 5.41) is 9.58. The highest BCUT2D eigenvalue weighted by Crippen LogP contribution is 2.34. The Morgan fingerprint density at radius 1 is 1.30 bits per heavy atom. The summed E-state index contributed by atoms with van der Waals surface area (Å²) < 4.78 is 64.6. The van der Waals surface area contributed by atoms with Crippen molar-refractivity contribution in [3.05, 3.63) is 23.7 Å². The van der Waals surface area contributed by atoms with E-state index in [2.05, 4.69) is 25.7 Å². The van der Waals surface area contributed by atoms with Gasteiger partial charge in [0.1, 0.15) is 11.4 Å². The average molecular weight is 405 g/mol. The monoisotopic (exact) mass is 405 g/mol. The van der Waals surface area contributed by atoms with Crippen LogP contribution in [-0.2, 0) is 16.2 Å². The van der Waals surface area contributed by atoms with Gasteiger partial charge in [-0.15, -0.1) is 0 Å². The van der Waals surface area contributed by atoms with Crippen molar-refractivity contribution >= 4 is 27.5 Å². The number of hydrogen-bond donors (Lipinski definition) is 2. The molecule has 1 saturated heterocycles. The second-order valence-electron chi connectivity index (χ2n) is 6.17. The second-order valence-corrected chi connectivity index (χ2v) is 8.15. The molecule has 0 unspecified atom stereocenters. The van der Waals surface area contributed by atoms with Crippen molar-refractivity contribution in [1.82, 2.24) is 24.1 Å². The number of rotatable bonds is 5. The third-order valence-corrected chi connectivity index (χ3v) is 5.40. The Bertz CT molecular complexity index is 952. The molecule has 1 aliphatic rings. The number of hydrogen-bond acceptors (Lipinski definition) is 7. The maximum absolute atomic E-state index is 12.9. The lowest BCUT2D eigenvalue weighted by Crippen LogP contribution is -2.50. The first-order chi connectivity index (χ1) is 12.5. The molecule has 13 heteroatoms. The van der Waals surface area contributed by atoms with Gasteiger partial charge in [-0.1, -0.05) is 0 Å². The Labute approximate surface area is 153 Å². The molecule has 0 bridgehead atoms. The highest BCUT2D eigenvalue weighted by atomic mass is 32.2. The minimum Gasteiger partial charge on any atom is -0.372 e. The first-order valence-electron chi connectivity index (χ1n) is 7.89. The van der Waals surface area contributed by atoms with E-state index in [0.717, 1.165) is 6.26 Å². The van der Waals surface area contributed by atoms with Gasteiger partial charge in [0.25, 0.3) is 0 Å². The molecule has 0 aliphatic carbocycles. The van der Waals surface area contributed by atoms with Crippen molar-refractivity contribution in [3.63, 3.8) is 0 Å². The van der Waals surface area contributed by atoms with Crippen LogP contribution in [0.5, 0.6) is 0 Å². The summed E-state index contributed by atoms with van der Waals surface area (Å²) in [5.74, 6) is -0.353. The van der Waals surface area contributed by atoms with E-state index >= 15 is 0 Å². The Balaban J connectivity index is 1.77. The predicted octanol–water partition coefficient (Wildman–Crippen LogP) is 1.60. The van der Waals surface area contributed by atoms with E-state index in [1.54, 1.807) is 17.8 Å². The lowest BCUT2D eigenvalue weighted by molar-refractivity contribution is -0.137. The molecule has 0 saturated carbocycles. The first kappa shape index (κ1) is 19.4. The van der Waals surface area contributed by atoms with Gasteiger partial charge in [0.2, 0.25) is 16.0 Å². The molecular weight excluding hydrogens is 387 g/mol. The van der Waals surface area contributed by atoms with Crippen molar-refractivity contribution in [2.24, 2.45) is 0 Å². The van der Waals surface area contributed by atoms with Crippen LogP contribution in [0.25, 0.3) is 0 Å². The smallest absolute Gasteiger partial charge is 0.372 e. The average Bonchev–Trinajstić information content (AvgIpc) is 2.83. The van der Waals surface area contributed by atoms with Crippen molar-refractivity contribution < 1.29 is 21.6 Å². The Hall–Kier alpha value is -2.41.